The summed E-state index contributed by atoms with van der Waals surface area (Å²) in [5.41, 5.74) is 0.507. The summed E-state index contributed by atoms with van der Waals surface area (Å²) in [6.45, 7) is 1.84. The van der Waals surface area contributed by atoms with Crippen LogP contribution >= 0.6 is 11.3 Å². The molecular formula is C7H5N3O3S. The summed E-state index contributed by atoms with van der Waals surface area (Å²) in [5.74, 6) is -1.53. The van der Waals surface area contributed by atoms with E-state index in [1.54, 1.807) is 5.38 Å². The Labute approximate surface area is 82.2 Å². The maximum absolute atomic E-state index is 10.4. The van der Waals surface area contributed by atoms with Crippen LogP contribution in [-0.2, 0) is 0 Å². The van der Waals surface area contributed by atoms with Crippen molar-refractivity contribution in [2.24, 2.45) is 0 Å². The minimum absolute atomic E-state index is 0.131. The maximum Gasteiger partial charge on any atom is 0.393 e. The highest BCUT2D eigenvalue weighted by Crippen LogP contribution is 2.19. The van der Waals surface area contributed by atoms with Crippen molar-refractivity contribution in [1.29, 1.82) is 0 Å². The number of carboxylic acids is 1. The Hall–Kier alpha value is -1.76. The van der Waals surface area contributed by atoms with Gasteiger partial charge in [-0.1, -0.05) is 0 Å². The molecule has 2 rings (SSSR count). The molecule has 0 amide bonds. The smallest absolute Gasteiger partial charge is 0.393 e. The van der Waals surface area contributed by atoms with Crippen molar-refractivity contribution in [3.63, 3.8) is 0 Å². The molecule has 7 heteroatoms. The Kier molecular flexibility index (Phi) is 2.01. The summed E-state index contributed by atoms with van der Waals surface area (Å²) in [5, 5.41) is 18.0. The minimum Gasteiger partial charge on any atom is -0.474 e. The van der Waals surface area contributed by atoms with Crippen molar-refractivity contribution < 1.29 is 14.3 Å². The Bertz CT molecular complexity index is 476. The second kappa shape index (κ2) is 3.18. The molecule has 0 saturated heterocycles. The number of aromatic nitrogens is 3. The van der Waals surface area contributed by atoms with Gasteiger partial charge in [0.1, 0.15) is 5.69 Å². The summed E-state index contributed by atoms with van der Waals surface area (Å²) in [6, 6.07) is 0. The van der Waals surface area contributed by atoms with Gasteiger partial charge in [0, 0.05) is 5.38 Å². The first-order chi connectivity index (χ1) is 6.66. The molecule has 0 radical (unpaired) electrons. The minimum atomic E-state index is -1.24. The van der Waals surface area contributed by atoms with Gasteiger partial charge < -0.3 is 9.52 Å². The molecule has 0 aliphatic heterocycles. The van der Waals surface area contributed by atoms with Gasteiger partial charge >= 0.3 is 11.9 Å². The lowest BCUT2D eigenvalue weighted by Gasteiger charge is -1.83. The zero-order valence-electron chi connectivity index (χ0n) is 7.09. The number of carboxylic acid groups (broad SMARTS) is 1. The summed E-state index contributed by atoms with van der Waals surface area (Å²) in [7, 11) is 0. The fourth-order valence-electron chi connectivity index (χ4n) is 0.875. The van der Waals surface area contributed by atoms with Gasteiger partial charge in [-0.2, -0.15) is 0 Å². The van der Waals surface area contributed by atoms with E-state index in [9.17, 15) is 4.79 Å². The predicted molar refractivity (Wildman–Crippen MR) is 47.1 cm³/mol. The van der Waals surface area contributed by atoms with Crippen LogP contribution in [-0.4, -0.2) is 26.3 Å². The Balaban J connectivity index is 2.38. The zero-order valence-corrected chi connectivity index (χ0v) is 7.91. The molecule has 0 atom stereocenters. The standard InChI is InChI=1S/C7H5N3O3S/c1-3-8-4(2-14-3)5-9-10-6(13-5)7(11)12/h2H,1H3,(H,11,12). The van der Waals surface area contributed by atoms with E-state index in [4.69, 9.17) is 9.52 Å². The molecule has 0 unspecified atom stereocenters. The van der Waals surface area contributed by atoms with Gasteiger partial charge in [-0.3, -0.25) is 0 Å². The second-order valence-electron chi connectivity index (χ2n) is 2.47. The van der Waals surface area contributed by atoms with Crippen molar-refractivity contribution >= 4 is 17.3 Å². The molecule has 0 spiro atoms. The number of hydrogen-bond donors (Lipinski definition) is 1. The quantitative estimate of drug-likeness (QED) is 0.802. The lowest BCUT2D eigenvalue weighted by Crippen LogP contribution is -1.95. The summed E-state index contributed by atoms with van der Waals surface area (Å²) in [4.78, 5) is 14.5. The molecule has 14 heavy (non-hydrogen) atoms. The average molecular weight is 211 g/mol. The molecule has 1 N–H and O–H groups in total. The molecule has 72 valence electrons. The van der Waals surface area contributed by atoms with Crippen molar-refractivity contribution in [2.75, 3.05) is 0 Å². The molecule has 2 heterocycles. The SMILES string of the molecule is Cc1nc(-c2nnc(C(=O)O)o2)cs1. The first-order valence-corrected chi connectivity index (χ1v) is 4.54. The summed E-state index contributed by atoms with van der Waals surface area (Å²) < 4.78 is 4.87. The number of rotatable bonds is 2. The number of hydrogen-bond acceptors (Lipinski definition) is 6. The fraction of sp³-hybridized carbons (Fsp3) is 0.143. The van der Waals surface area contributed by atoms with Crippen LogP contribution in [0.3, 0.4) is 0 Å². The van der Waals surface area contributed by atoms with E-state index < -0.39 is 11.9 Å². The topological polar surface area (TPSA) is 89.1 Å². The number of aromatic carboxylic acids is 1. The van der Waals surface area contributed by atoms with Crippen molar-refractivity contribution in [3.8, 4) is 11.6 Å². The van der Waals surface area contributed by atoms with E-state index in [1.165, 1.54) is 11.3 Å². The number of carbonyl (C=O) groups is 1. The third kappa shape index (κ3) is 1.49. The van der Waals surface area contributed by atoms with Crippen LogP contribution < -0.4 is 0 Å². The molecule has 0 bridgehead atoms. The Morgan fingerprint density at radius 1 is 1.57 bits per heavy atom. The molecule has 0 saturated carbocycles. The highest BCUT2D eigenvalue weighted by molar-refractivity contribution is 7.09. The van der Waals surface area contributed by atoms with Gasteiger partial charge in [-0.25, -0.2) is 9.78 Å². The largest absolute Gasteiger partial charge is 0.474 e. The van der Waals surface area contributed by atoms with Gasteiger partial charge in [0.2, 0.25) is 0 Å². The monoisotopic (exact) mass is 211 g/mol. The number of aryl methyl sites for hydroxylation is 1. The van der Waals surface area contributed by atoms with E-state index >= 15 is 0 Å². The summed E-state index contributed by atoms with van der Waals surface area (Å²) in [6.07, 6.45) is 0. The molecule has 6 nitrogen and oxygen atoms in total. The Morgan fingerprint density at radius 3 is 2.86 bits per heavy atom. The normalized spacial score (nSPS) is 10.4. The second-order valence-corrected chi connectivity index (χ2v) is 3.53. The lowest BCUT2D eigenvalue weighted by molar-refractivity contribution is 0.0654. The van der Waals surface area contributed by atoms with Gasteiger partial charge in [-0.15, -0.1) is 21.5 Å². The average Bonchev–Trinajstić information content (AvgIpc) is 2.70. The van der Waals surface area contributed by atoms with E-state index in [0.717, 1.165) is 5.01 Å². The van der Waals surface area contributed by atoms with Crippen LogP contribution in [0.4, 0.5) is 0 Å². The molecular weight excluding hydrogens is 206 g/mol. The van der Waals surface area contributed by atoms with Crippen molar-refractivity contribution in [2.45, 2.75) is 6.92 Å². The Morgan fingerprint density at radius 2 is 2.36 bits per heavy atom. The third-order valence-corrected chi connectivity index (χ3v) is 2.22. The molecule has 2 aromatic rings. The summed E-state index contributed by atoms with van der Waals surface area (Å²) >= 11 is 1.43. The van der Waals surface area contributed by atoms with Crippen LogP contribution in [0.25, 0.3) is 11.6 Å². The molecule has 2 aromatic heterocycles. The number of thiazole rings is 1. The van der Waals surface area contributed by atoms with Crippen molar-refractivity contribution in [1.82, 2.24) is 15.2 Å². The van der Waals surface area contributed by atoms with Gasteiger partial charge in [0.15, 0.2) is 0 Å². The lowest BCUT2D eigenvalue weighted by atomic mass is 10.5. The fourth-order valence-corrected chi connectivity index (χ4v) is 1.46. The highest BCUT2D eigenvalue weighted by atomic mass is 32.1. The molecule has 0 aliphatic carbocycles. The molecule has 0 aromatic carbocycles. The maximum atomic E-state index is 10.4. The third-order valence-electron chi connectivity index (χ3n) is 1.45. The molecule has 0 fully saturated rings. The zero-order chi connectivity index (χ0) is 10.1. The van der Waals surface area contributed by atoms with Gasteiger partial charge in [0.25, 0.3) is 5.89 Å². The van der Waals surface area contributed by atoms with Crippen LogP contribution in [0, 0.1) is 6.92 Å². The van der Waals surface area contributed by atoms with Crippen LogP contribution in [0.5, 0.6) is 0 Å². The number of nitrogens with zero attached hydrogens (tertiary/aromatic N) is 3. The van der Waals surface area contributed by atoms with Crippen LogP contribution in [0.1, 0.15) is 15.7 Å². The first kappa shape index (κ1) is 8.82. The molecule has 0 aliphatic rings. The van der Waals surface area contributed by atoms with Gasteiger partial charge in [-0.05, 0) is 6.92 Å². The van der Waals surface area contributed by atoms with Crippen LogP contribution in [0.2, 0.25) is 0 Å². The van der Waals surface area contributed by atoms with E-state index in [-0.39, 0.29) is 5.89 Å². The van der Waals surface area contributed by atoms with Crippen molar-refractivity contribution in [3.05, 3.63) is 16.3 Å². The first-order valence-electron chi connectivity index (χ1n) is 3.66. The van der Waals surface area contributed by atoms with E-state index in [0.29, 0.717) is 5.69 Å². The van der Waals surface area contributed by atoms with Gasteiger partial charge in [0.05, 0.1) is 5.01 Å². The highest BCUT2D eigenvalue weighted by Gasteiger charge is 2.15. The van der Waals surface area contributed by atoms with E-state index in [1.807, 2.05) is 6.92 Å². The van der Waals surface area contributed by atoms with Crippen LogP contribution in [0.15, 0.2) is 9.80 Å². The predicted octanol–water partition coefficient (Wildman–Crippen LogP) is 1.20. The van der Waals surface area contributed by atoms with E-state index in [2.05, 4.69) is 15.2 Å².